The molecule has 1 aliphatic rings. The number of ketones is 1. The Kier molecular flexibility index (Phi) is 7.41. The molecule has 0 fully saturated rings. The van der Waals surface area contributed by atoms with Crippen LogP contribution in [-0.2, 0) is 5.41 Å². The van der Waals surface area contributed by atoms with Gasteiger partial charge in [0.25, 0.3) is 0 Å². The molecule has 0 amide bonds. The van der Waals surface area contributed by atoms with Crippen LogP contribution in [0.2, 0.25) is 0 Å². The maximum atomic E-state index is 14.2. The number of rotatable bonds is 8. The van der Waals surface area contributed by atoms with E-state index in [0.29, 0.717) is 5.56 Å². The van der Waals surface area contributed by atoms with Crippen molar-refractivity contribution in [3.05, 3.63) is 77.8 Å². The summed E-state index contributed by atoms with van der Waals surface area (Å²) in [6.07, 6.45) is -3.17. The molecule has 184 valence electrons. The van der Waals surface area contributed by atoms with Gasteiger partial charge in [-0.2, -0.15) is 13.2 Å². The molecule has 1 aliphatic heterocycles. The van der Waals surface area contributed by atoms with Gasteiger partial charge in [0.05, 0.1) is 13.2 Å². The molecular formula is C26H29F4NO3. The molecule has 2 aromatic rings. The summed E-state index contributed by atoms with van der Waals surface area (Å²) in [5.74, 6) is -1.29. The summed E-state index contributed by atoms with van der Waals surface area (Å²) in [4.78, 5) is 12.8. The standard InChI is InChI=1S/C26H29F4NO3/c1-24(2,20-14-19(27)9-10-22(20)34-3)16-25(33,26(28,29)30)15-17-11-12-31-21(13-17)23(32)18-7-5-4-6-8-18/h4-12,14,17,21,31,33H,13,15-16H2,1-3H3. The predicted octanol–water partition coefficient (Wildman–Crippen LogP) is 5.56. The smallest absolute Gasteiger partial charge is 0.417 e. The van der Waals surface area contributed by atoms with E-state index in [0.717, 1.165) is 12.1 Å². The molecule has 3 rings (SSSR count). The summed E-state index contributed by atoms with van der Waals surface area (Å²) in [5.41, 5.74) is -3.65. The third kappa shape index (κ3) is 5.60. The van der Waals surface area contributed by atoms with Gasteiger partial charge in [0.2, 0.25) is 0 Å². The summed E-state index contributed by atoms with van der Waals surface area (Å²) < 4.78 is 61.8. The lowest BCUT2D eigenvalue weighted by Gasteiger charge is -2.40. The summed E-state index contributed by atoms with van der Waals surface area (Å²) in [6, 6.07) is 11.5. The molecular weight excluding hydrogens is 450 g/mol. The summed E-state index contributed by atoms with van der Waals surface area (Å²) >= 11 is 0. The van der Waals surface area contributed by atoms with Crippen LogP contribution in [0.1, 0.15) is 49.0 Å². The predicted molar refractivity (Wildman–Crippen MR) is 121 cm³/mol. The second kappa shape index (κ2) is 9.78. The molecule has 2 N–H and O–H groups in total. The summed E-state index contributed by atoms with van der Waals surface area (Å²) in [5, 5.41) is 13.9. The zero-order valence-electron chi connectivity index (χ0n) is 19.3. The van der Waals surface area contributed by atoms with E-state index < -0.39 is 47.8 Å². The monoisotopic (exact) mass is 479 g/mol. The molecule has 3 atom stereocenters. The average molecular weight is 480 g/mol. The average Bonchev–Trinajstić information content (AvgIpc) is 2.78. The van der Waals surface area contributed by atoms with E-state index in [1.165, 1.54) is 33.2 Å². The van der Waals surface area contributed by atoms with Crippen LogP contribution in [0.15, 0.2) is 60.8 Å². The summed E-state index contributed by atoms with van der Waals surface area (Å²) in [6.45, 7) is 3.03. The first-order chi connectivity index (χ1) is 15.9. The van der Waals surface area contributed by atoms with Gasteiger partial charge in [0.15, 0.2) is 11.4 Å². The van der Waals surface area contributed by atoms with Crippen LogP contribution in [0.3, 0.4) is 0 Å². The number of Topliss-reactive ketones (excluding diaryl/α,β-unsaturated/α-hetero) is 1. The van der Waals surface area contributed by atoms with Crippen LogP contribution < -0.4 is 10.1 Å². The minimum Gasteiger partial charge on any atom is -0.496 e. The minimum absolute atomic E-state index is 0.104. The molecule has 34 heavy (non-hydrogen) atoms. The van der Waals surface area contributed by atoms with Gasteiger partial charge < -0.3 is 15.2 Å². The van der Waals surface area contributed by atoms with Crippen molar-refractivity contribution in [3.8, 4) is 5.75 Å². The largest absolute Gasteiger partial charge is 0.496 e. The first-order valence-corrected chi connectivity index (χ1v) is 11.0. The molecule has 8 heteroatoms. The lowest BCUT2D eigenvalue weighted by Crippen LogP contribution is -2.51. The maximum absolute atomic E-state index is 14.2. The van der Waals surface area contributed by atoms with E-state index in [2.05, 4.69) is 5.32 Å². The highest BCUT2D eigenvalue weighted by atomic mass is 19.4. The van der Waals surface area contributed by atoms with Crippen molar-refractivity contribution >= 4 is 5.78 Å². The lowest BCUT2D eigenvalue weighted by atomic mass is 9.71. The Morgan fingerprint density at radius 1 is 1.15 bits per heavy atom. The zero-order chi connectivity index (χ0) is 25.1. The minimum atomic E-state index is -4.94. The van der Waals surface area contributed by atoms with Crippen molar-refractivity contribution in [2.75, 3.05) is 7.11 Å². The molecule has 0 aliphatic carbocycles. The number of carbonyl (C=O) groups excluding carboxylic acids is 1. The quantitative estimate of drug-likeness (QED) is 0.385. The van der Waals surface area contributed by atoms with E-state index in [1.807, 2.05) is 0 Å². The number of hydrogen-bond donors (Lipinski definition) is 2. The van der Waals surface area contributed by atoms with Crippen LogP contribution in [-0.4, -0.2) is 35.8 Å². The van der Waals surface area contributed by atoms with Crippen LogP contribution in [0.5, 0.6) is 5.75 Å². The molecule has 2 aromatic carbocycles. The molecule has 0 spiro atoms. The molecule has 1 heterocycles. The van der Waals surface area contributed by atoms with Crippen LogP contribution >= 0.6 is 0 Å². The Hall–Kier alpha value is -2.87. The summed E-state index contributed by atoms with van der Waals surface area (Å²) in [7, 11) is 1.35. The fraction of sp³-hybridized carbons (Fsp3) is 0.423. The van der Waals surface area contributed by atoms with Crippen molar-refractivity contribution < 1.29 is 32.2 Å². The van der Waals surface area contributed by atoms with Gasteiger partial charge in [0.1, 0.15) is 11.6 Å². The first-order valence-electron chi connectivity index (χ1n) is 11.0. The highest BCUT2D eigenvalue weighted by molar-refractivity contribution is 6.00. The fourth-order valence-electron chi connectivity index (χ4n) is 4.65. The molecule has 3 unspecified atom stereocenters. The second-order valence-corrected chi connectivity index (χ2v) is 9.44. The maximum Gasteiger partial charge on any atom is 0.417 e. The SMILES string of the molecule is COc1ccc(F)cc1C(C)(C)CC(O)(CC1C=CNC(C(=O)c2ccccc2)C1)C(F)(F)F. The number of methoxy groups -OCH3 is 1. The number of hydrogen-bond acceptors (Lipinski definition) is 4. The number of benzene rings is 2. The van der Waals surface area contributed by atoms with Crippen molar-refractivity contribution in [2.45, 2.75) is 56.3 Å². The topological polar surface area (TPSA) is 58.6 Å². The third-order valence-corrected chi connectivity index (χ3v) is 6.33. The van der Waals surface area contributed by atoms with Crippen LogP contribution in [0.25, 0.3) is 0 Å². The van der Waals surface area contributed by atoms with Crippen molar-refractivity contribution in [3.63, 3.8) is 0 Å². The molecule has 0 saturated heterocycles. The van der Waals surface area contributed by atoms with Crippen molar-refractivity contribution in [2.24, 2.45) is 5.92 Å². The van der Waals surface area contributed by atoms with Gasteiger partial charge in [-0.25, -0.2) is 4.39 Å². The van der Waals surface area contributed by atoms with Gasteiger partial charge >= 0.3 is 6.18 Å². The van der Waals surface area contributed by atoms with Gasteiger partial charge in [-0.15, -0.1) is 0 Å². The number of ether oxygens (including phenoxy) is 1. The molecule has 0 aromatic heterocycles. The molecule has 0 saturated carbocycles. The molecule has 4 nitrogen and oxygen atoms in total. The van der Waals surface area contributed by atoms with E-state index in [9.17, 15) is 27.5 Å². The normalized spacial score (nSPS) is 20.4. The molecule has 0 bridgehead atoms. The fourth-order valence-corrected chi connectivity index (χ4v) is 4.65. The van der Waals surface area contributed by atoms with E-state index >= 15 is 0 Å². The number of allylic oxidation sites excluding steroid dienone is 1. The Balaban J connectivity index is 1.84. The lowest BCUT2D eigenvalue weighted by molar-refractivity contribution is -0.272. The number of aliphatic hydroxyl groups is 1. The van der Waals surface area contributed by atoms with Crippen molar-refractivity contribution in [1.82, 2.24) is 5.32 Å². The van der Waals surface area contributed by atoms with E-state index in [4.69, 9.17) is 4.74 Å². The Labute approximate surface area is 196 Å². The Morgan fingerprint density at radius 3 is 2.44 bits per heavy atom. The van der Waals surface area contributed by atoms with Gasteiger partial charge in [-0.3, -0.25) is 4.79 Å². The highest BCUT2D eigenvalue weighted by Crippen LogP contribution is 2.47. The van der Waals surface area contributed by atoms with Gasteiger partial charge in [-0.1, -0.05) is 50.3 Å². The number of halogens is 4. The van der Waals surface area contributed by atoms with Crippen LogP contribution in [0.4, 0.5) is 17.6 Å². The molecule has 0 radical (unpaired) electrons. The van der Waals surface area contributed by atoms with E-state index in [1.54, 1.807) is 36.4 Å². The first kappa shape index (κ1) is 25.7. The van der Waals surface area contributed by atoms with Gasteiger partial charge in [-0.05, 0) is 55.0 Å². The number of alkyl halides is 3. The Morgan fingerprint density at radius 2 is 1.82 bits per heavy atom. The number of carbonyl (C=O) groups is 1. The van der Waals surface area contributed by atoms with E-state index in [-0.39, 0.29) is 23.5 Å². The number of nitrogens with one attached hydrogen (secondary N) is 1. The third-order valence-electron chi connectivity index (χ3n) is 6.33. The Bertz CT molecular complexity index is 1040. The van der Waals surface area contributed by atoms with Crippen LogP contribution in [0, 0.1) is 11.7 Å². The zero-order valence-corrected chi connectivity index (χ0v) is 19.3. The van der Waals surface area contributed by atoms with Gasteiger partial charge in [0, 0.05) is 11.1 Å². The van der Waals surface area contributed by atoms with Crippen molar-refractivity contribution in [1.29, 1.82) is 0 Å². The highest BCUT2D eigenvalue weighted by Gasteiger charge is 2.56. The second-order valence-electron chi connectivity index (χ2n) is 9.44.